The van der Waals surface area contributed by atoms with Gasteiger partial charge in [0.2, 0.25) is 0 Å². The summed E-state index contributed by atoms with van der Waals surface area (Å²) in [6.45, 7) is 6.37. The largest absolute Gasteiger partial charge is 0.347 e. The average molecular weight is 306 g/mol. The fourth-order valence-electron chi connectivity index (χ4n) is 3.32. The molecule has 1 N–H and O–H groups in total. The smallest absolute Gasteiger partial charge is 0.0483 e. The molecule has 3 rings (SSSR count). The molecule has 3 aromatic rings. The second kappa shape index (κ2) is 7.47. The topological polar surface area (TPSA) is 17.0 Å². The highest BCUT2D eigenvalue weighted by Crippen LogP contribution is 2.23. The first-order valence-corrected chi connectivity index (χ1v) is 8.68. The molecule has 1 heterocycles. The zero-order valence-corrected chi connectivity index (χ0v) is 14.1. The summed E-state index contributed by atoms with van der Waals surface area (Å²) < 4.78 is 2.34. The molecule has 0 fully saturated rings. The summed E-state index contributed by atoms with van der Waals surface area (Å²) in [5.74, 6) is 0. The average Bonchev–Trinajstić information content (AvgIpc) is 2.97. The van der Waals surface area contributed by atoms with Gasteiger partial charge in [-0.25, -0.2) is 0 Å². The van der Waals surface area contributed by atoms with E-state index in [0.29, 0.717) is 6.04 Å². The van der Waals surface area contributed by atoms with Crippen molar-refractivity contribution in [1.82, 2.24) is 9.88 Å². The van der Waals surface area contributed by atoms with Crippen molar-refractivity contribution in [2.45, 2.75) is 45.8 Å². The number of nitrogens with zero attached hydrogens (tertiary/aromatic N) is 1. The number of benzene rings is 2. The van der Waals surface area contributed by atoms with Crippen LogP contribution in [0.15, 0.2) is 60.8 Å². The van der Waals surface area contributed by atoms with Gasteiger partial charge in [-0.1, -0.05) is 61.9 Å². The summed E-state index contributed by atoms with van der Waals surface area (Å²) in [6.07, 6.45) is 4.64. The molecule has 1 atom stereocenters. The fraction of sp³-hybridized carbons (Fsp3) is 0.333. The second-order valence-corrected chi connectivity index (χ2v) is 6.09. The Hall–Kier alpha value is -2.06. The maximum Gasteiger partial charge on any atom is 0.0483 e. The Balaban J connectivity index is 1.81. The molecule has 0 saturated heterocycles. The number of aryl methyl sites for hydroxylation is 1. The van der Waals surface area contributed by atoms with Crippen LogP contribution in [0.25, 0.3) is 10.9 Å². The molecule has 0 radical (unpaired) electrons. The molecule has 2 nitrogen and oxygen atoms in total. The van der Waals surface area contributed by atoms with Crippen LogP contribution in [0.3, 0.4) is 0 Å². The van der Waals surface area contributed by atoms with E-state index in [0.717, 1.165) is 19.5 Å². The molecule has 0 aliphatic rings. The van der Waals surface area contributed by atoms with E-state index in [1.54, 1.807) is 0 Å². The molecule has 0 saturated carbocycles. The minimum atomic E-state index is 0.421. The third-order valence-electron chi connectivity index (χ3n) is 4.53. The Morgan fingerprint density at radius 2 is 1.70 bits per heavy atom. The molecule has 1 aromatic heterocycles. The van der Waals surface area contributed by atoms with E-state index < -0.39 is 0 Å². The Morgan fingerprint density at radius 3 is 2.43 bits per heavy atom. The van der Waals surface area contributed by atoms with Gasteiger partial charge in [-0.15, -0.1) is 0 Å². The maximum atomic E-state index is 3.77. The molecule has 0 amide bonds. The highest BCUT2D eigenvalue weighted by Gasteiger charge is 2.12. The highest BCUT2D eigenvalue weighted by molar-refractivity contribution is 5.83. The molecule has 0 unspecified atom stereocenters. The lowest BCUT2D eigenvalue weighted by atomic mass is 10.0. The number of nitrogens with one attached hydrogen (secondary N) is 1. The molecule has 0 aliphatic heterocycles. The van der Waals surface area contributed by atoms with Crippen LogP contribution in [0, 0.1) is 0 Å². The van der Waals surface area contributed by atoms with Crippen LogP contribution in [0.1, 0.15) is 43.9 Å². The van der Waals surface area contributed by atoms with Crippen LogP contribution in [-0.2, 0) is 13.1 Å². The maximum absolute atomic E-state index is 3.77. The predicted molar refractivity (Wildman–Crippen MR) is 98.5 cm³/mol. The van der Waals surface area contributed by atoms with Gasteiger partial charge in [0.15, 0.2) is 0 Å². The molecular formula is C21H26N2. The Labute approximate surface area is 139 Å². The molecule has 0 bridgehead atoms. The number of hydrogen-bond donors (Lipinski definition) is 1. The minimum absolute atomic E-state index is 0.421. The van der Waals surface area contributed by atoms with Crippen molar-refractivity contribution in [2.24, 2.45) is 0 Å². The van der Waals surface area contributed by atoms with E-state index >= 15 is 0 Å². The van der Waals surface area contributed by atoms with Crippen molar-refractivity contribution in [2.75, 3.05) is 0 Å². The zero-order chi connectivity index (χ0) is 16.1. The van der Waals surface area contributed by atoms with Crippen molar-refractivity contribution in [3.63, 3.8) is 0 Å². The first-order chi connectivity index (χ1) is 11.3. The van der Waals surface area contributed by atoms with Gasteiger partial charge in [-0.3, -0.25) is 0 Å². The molecule has 120 valence electrons. The van der Waals surface area contributed by atoms with Gasteiger partial charge < -0.3 is 9.88 Å². The molecule has 23 heavy (non-hydrogen) atoms. The van der Waals surface area contributed by atoms with Gasteiger partial charge in [-0.2, -0.15) is 0 Å². The second-order valence-electron chi connectivity index (χ2n) is 6.09. The standard InChI is InChI=1S/C21H26N2/c1-3-10-20(17-11-6-5-7-12-17)22-15-18-16-23(4-2)21-14-9-8-13-19(18)21/h5-9,11-14,16,20,22H,3-4,10,15H2,1-2H3/t20-/m1/s1. The Kier molecular flexibility index (Phi) is 5.14. The lowest BCUT2D eigenvalue weighted by Gasteiger charge is -2.18. The normalized spacial score (nSPS) is 12.6. The highest BCUT2D eigenvalue weighted by atomic mass is 15.0. The molecule has 0 spiro atoms. The quantitative estimate of drug-likeness (QED) is 0.627. The molecule has 2 heteroatoms. The van der Waals surface area contributed by atoms with E-state index in [1.165, 1.54) is 28.5 Å². The monoisotopic (exact) mass is 306 g/mol. The minimum Gasteiger partial charge on any atom is -0.347 e. The van der Waals surface area contributed by atoms with Crippen molar-refractivity contribution in [3.8, 4) is 0 Å². The summed E-state index contributed by atoms with van der Waals surface area (Å²) in [5, 5.41) is 5.14. The number of fused-ring (bicyclic) bond motifs is 1. The SMILES string of the molecule is CCC[C@@H](NCc1cn(CC)c2ccccc12)c1ccccc1. The number of rotatable bonds is 7. The third-order valence-corrected chi connectivity index (χ3v) is 4.53. The summed E-state index contributed by atoms with van der Waals surface area (Å²) in [7, 11) is 0. The van der Waals surface area contributed by atoms with Gasteiger partial charge in [0.1, 0.15) is 0 Å². The van der Waals surface area contributed by atoms with Gasteiger partial charge in [0.25, 0.3) is 0 Å². The zero-order valence-electron chi connectivity index (χ0n) is 14.1. The van der Waals surface area contributed by atoms with E-state index in [1.807, 2.05) is 0 Å². The lowest BCUT2D eigenvalue weighted by molar-refractivity contribution is 0.494. The summed E-state index contributed by atoms with van der Waals surface area (Å²) in [5.41, 5.74) is 4.10. The van der Waals surface area contributed by atoms with Crippen LogP contribution in [-0.4, -0.2) is 4.57 Å². The lowest BCUT2D eigenvalue weighted by Crippen LogP contribution is -2.20. The fourth-order valence-corrected chi connectivity index (χ4v) is 3.32. The van der Waals surface area contributed by atoms with Gasteiger partial charge in [0, 0.05) is 36.2 Å². The van der Waals surface area contributed by atoms with Gasteiger partial charge in [0.05, 0.1) is 0 Å². The van der Waals surface area contributed by atoms with Crippen LogP contribution < -0.4 is 5.32 Å². The van der Waals surface area contributed by atoms with Crippen LogP contribution >= 0.6 is 0 Å². The van der Waals surface area contributed by atoms with Crippen LogP contribution in [0.4, 0.5) is 0 Å². The molecular weight excluding hydrogens is 280 g/mol. The van der Waals surface area contributed by atoms with Gasteiger partial charge >= 0.3 is 0 Å². The number of aromatic nitrogens is 1. The predicted octanol–water partition coefficient (Wildman–Crippen LogP) is 5.29. The van der Waals surface area contributed by atoms with E-state index in [4.69, 9.17) is 0 Å². The third kappa shape index (κ3) is 3.48. The molecule has 0 aliphatic carbocycles. The van der Waals surface area contributed by atoms with Crippen molar-refractivity contribution < 1.29 is 0 Å². The summed E-state index contributed by atoms with van der Waals surface area (Å²) in [6, 6.07) is 19.9. The first-order valence-electron chi connectivity index (χ1n) is 8.68. The van der Waals surface area contributed by atoms with E-state index in [2.05, 4.69) is 84.5 Å². The van der Waals surface area contributed by atoms with Crippen molar-refractivity contribution in [1.29, 1.82) is 0 Å². The van der Waals surface area contributed by atoms with Crippen LogP contribution in [0.2, 0.25) is 0 Å². The van der Waals surface area contributed by atoms with Crippen molar-refractivity contribution >= 4 is 10.9 Å². The molecule has 2 aromatic carbocycles. The first kappa shape index (κ1) is 15.8. The Bertz CT molecular complexity index is 743. The van der Waals surface area contributed by atoms with Gasteiger partial charge in [-0.05, 0) is 30.5 Å². The number of hydrogen-bond acceptors (Lipinski definition) is 1. The number of para-hydroxylation sites is 1. The van der Waals surface area contributed by atoms with E-state index in [-0.39, 0.29) is 0 Å². The van der Waals surface area contributed by atoms with E-state index in [9.17, 15) is 0 Å². The van der Waals surface area contributed by atoms with Crippen molar-refractivity contribution in [3.05, 3.63) is 71.9 Å². The summed E-state index contributed by atoms with van der Waals surface area (Å²) in [4.78, 5) is 0. The summed E-state index contributed by atoms with van der Waals surface area (Å²) >= 11 is 0. The van der Waals surface area contributed by atoms with Crippen LogP contribution in [0.5, 0.6) is 0 Å². The Morgan fingerprint density at radius 1 is 0.957 bits per heavy atom.